The van der Waals surface area contributed by atoms with Gasteiger partial charge in [0.25, 0.3) is 0 Å². The molecular weight excluding hydrogens is 224 g/mol. The third-order valence-electron chi connectivity index (χ3n) is 3.34. The Morgan fingerprint density at radius 2 is 1.94 bits per heavy atom. The van der Waals surface area contributed by atoms with E-state index in [9.17, 15) is 4.79 Å². The minimum absolute atomic E-state index is 0.0954. The minimum Gasteiger partial charge on any atom is -0.374 e. The number of nitrogens with zero attached hydrogens (tertiary/aromatic N) is 1. The van der Waals surface area contributed by atoms with Gasteiger partial charge in [0.2, 0.25) is 5.91 Å². The lowest BCUT2D eigenvalue weighted by atomic mass is 9.86. The Kier molecular flexibility index (Phi) is 3.09. The number of benzene rings is 1. The summed E-state index contributed by atoms with van der Waals surface area (Å²) in [6.45, 7) is 11.1. The molecule has 3 nitrogen and oxygen atoms in total. The number of nitrogens with one attached hydrogen (secondary N) is 1. The number of fused-ring (bicyclic) bond motifs is 1. The number of carbonyl (C=O) groups is 1. The van der Waals surface area contributed by atoms with E-state index < -0.39 is 0 Å². The zero-order valence-corrected chi connectivity index (χ0v) is 11.9. The number of rotatable bonds is 1. The van der Waals surface area contributed by atoms with E-state index in [-0.39, 0.29) is 17.4 Å². The second-order valence-electron chi connectivity index (χ2n) is 6.19. The van der Waals surface area contributed by atoms with Crippen LogP contribution in [0.15, 0.2) is 18.2 Å². The highest BCUT2D eigenvalue weighted by molar-refractivity contribution is 6.03. The first kappa shape index (κ1) is 12.9. The molecule has 0 fully saturated rings. The normalized spacial score (nSPS) is 15.7. The van der Waals surface area contributed by atoms with Gasteiger partial charge in [0.1, 0.15) is 0 Å². The zero-order valence-electron chi connectivity index (χ0n) is 11.9. The molecule has 1 aliphatic heterocycles. The maximum Gasteiger partial charge on any atom is 0.246 e. The molecule has 1 N–H and O–H groups in total. The van der Waals surface area contributed by atoms with Crippen LogP contribution in [0.5, 0.6) is 0 Å². The van der Waals surface area contributed by atoms with Crippen LogP contribution < -0.4 is 10.2 Å². The van der Waals surface area contributed by atoms with Gasteiger partial charge in [0.15, 0.2) is 0 Å². The Morgan fingerprint density at radius 3 is 2.50 bits per heavy atom. The van der Waals surface area contributed by atoms with Crippen molar-refractivity contribution < 1.29 is 4.79 Å². The molecule has 98 valence electrons. The van der Waals surface area contributed by atoms with Crippen LogP contribution in [0.3, 0.4) is 0 Å². The summed E-state index contributed by atoms with van der Waals surface area (Å²) in [5.41, 5.74) is 3.41. The van der Waals surface area contributed by atoms with E-state index in [1.165, 1.54) is 5.56 Å². The van der Waals surface area contributed by atoms with E-state index in [0.29, 0.717) is 6.54 Å². The Hall–Kier alpha value is -1.51. The van der Waals surface area contributed by atoms with Gasteiger partial charge in [-0.15, -0.1) is 0 Å². The van der Waals surface area contributed by atoms with Gasteiger partial charge in [-0.2, -0.15) is 0 Å². The molecule has 0 radical (unpaired) electrons. The molecule has 0 unspecified atom stereocenters. The smallest absolute Gasteiger partial charge is 0.246 e. The fourth-order valence-electron chi connectivity index (χ4n) is 2.30. The lowest BCUT2D eigenvalue weighted by Crippen LogP contribution is -2.44. The molecular formula is C15H22N2O. The monoisotopic (exact) mass is 246 g/mol. The van der Waals surface area contributed by atoms with Crippen molar-refractivity contribution in [3.05, 3.63) is 23.8 Å². The Balaban J connectivity index is 2.52. The van der Waals surface area contributed by atoms with Crippen molar-refractivity contribution in [2.45, 2.75) is 46.1 Å². The molecule has 0 saturated carbocycles. The number of hydrogen-bond donors (Lipinski definition) is 1. The fraction of sp³-hybridized carbons (Fsp3) is 0.533. The molecule has 1 aliphatic rings. The van der Waals surface area contributed by atoms with Crippen molar-refractivity contribution in [2.24, 2.45) is 0 Å². The molecule has 0 bridgehead atoms. The van der Waals surface area contributed by atoms with Gasteiger partial charge in [-0.1, -0.05) is 26.8 Å². The van der Waals surface area contributed by atoms with E-state index in [0.717, 1.165) is 11.4 Å². The van der Waals surface area contributed by atoms with Crippen molar-refractivity contribution in [2.75, 3.05) is 16.8 Å². The molecule has 2 rings (SSSR count). The summed E-state index contributed by atoms with van der Waals surface area (Å²) >= 11 is 0. The molecule has 0 atom stereocenters. The molecule has 1 aromatic rings. The maximum absolute atomic E-state index is 12.0. The van der Waals surface area contributed by atoms with Crippen LogP contribution in [0.4, 0.5) is 11.4 Å². The van der Waals surface area contributed by atoms with Gasteiger partial charge in [0.05, 0.1) is 17.9 Å². The van der Waals surface area contributed by atoms with E-state index in [1.54, 1.807) is 0 Å². The molecule has 1 amide bonds. The van der Waals surface area contributed by atoms with Crippen LogP contribution in [-0.2, 0) is 10.2 Å². The molecule has 1 heterocycles. The second kappa shape index (κ2) is 4.30. The molecule has 0 saturated heterocycles. The van der Waals surface area contributed by atoms with Gasteiger partial charge in [0, 0.05) is 6.04 Å². The SMILES string of the molecule is CC(C)N1C(=O)CNc2ccc(C(C)(C)C)cc21. The average molecular weight is 246 g/mol. The molecule has 1 aromatic carbocycles. The number of carbonyl (C=O) groups excluding carboxylic acids is 1. The van der Waals surface area contributed by atoms with Crippen molar-refractivity contribution >= 4 is 17.3 Å². The topological polar surface area (TPSA) is 32.3 Å². The summed E-state index contributed by atoms with van der Waals surface area (Å²) in [5, 5.41) is 3.18. The highest BCUT2D eigenvalue weighted by Gasteiger charge is 2.27. The first-order chi connectivity index (χ1) is 8.30. The third-order valence-corrected chi connectivity index (χ3v) is 3.34. The highest BCUT2D eigenvalue weighted by atomic mass is 16.2. The summed E-state index contributed by atoms with van der Waals surface area (Å²) < 4.78 is 0. The van der Waals surface area contributed by atoms with Crippen molar-refractivity contribution in [1.29, 1.82) is 0 Å². The zero-order chi connectivity index (χ0) is 13.5. The third kappa shape index (κ3) is 2.22. The number of amides is 1. The minimum atomic E-state index is 0.0954. The predicted molar refractivity (Wildman–Crippen MR) is 76.3 cm³/mol. The largest absolute Gasteiger partial charge is 0.374 e. The van der Waals surface area contributed by atoms with E-state index >= 15 is 0 Å². The van der Waals surface area contributed by atoms with Crippen molar-refractivity contribution in [1.82, 2.24) is 0 Å². The van der Waals surface area contributed by atoms with Crippen molar-refractivity contribution in [3.8, 4) is 0 Å². The first-order valence-corrected chi connectivity index (χ1v) is 6.51. The Morgan fingerprint density at radius 1 is 1.28 bits per heavy atom. The molecule has 0 aliphatic carbocycles. The highest BCUT2D eigenvalue weighted by Crippen LogP contribution is 2.35. The van der Waals surface area contributed by atoms with E-state index in [4.69, 9.17) is 0 Å². The molecule has 0 spiro atoms. The maximum atomic E-state index is 12.0. The lowest BCUT2D eigenvalue weighted by molar-refractivity contribution is -0.117. The van der Waals surface area contributed by atoms with Crippen LogP contribution in [-0.4, -0.2) is 18.5 Å². The first-order valence-electron chi connectivity index (χ1n) is 6.51. The van der Waals surface area contributed by atoms with Gasteiger partial charge in [-0.05, 0) is 37.0 Å². The Labute approximate surface area is 109 Å². The van der Waals surface area contributed by atoms with Crippen LogP contribution in [0.25, 0.3) is 0 Å². The summed E-state index contributed by atoms with van der Waals surface area (Å²) in [4.78, 5) is 13.9. The quantitative estimate of drug-likeness (QED) is 0.825. The van der Waals surface area contributed by atoms with Crippen LogP contribution in [0.2, 0.25) is 0 Å². The standard InChI is InChI=1S/C15H22N2O/c1-10(2)17-13-8-11(15(3,4)5)6-7-12(13)16-9-14(17)18/h6-8,10,16H,9H2,1-5H3. The van der Waals surface area contributed by atoms with E-state index in [2.05, 4.69) is 58.1 Å². The summed E-state index contributed by atoms with van der Waals surface area (Å²) in [6, 6.07) is 6.55. The van der Waals surface area contributed by atoms with Gasteiger partial charge >= 0.3 is 0 Å². The lowest BCUT2D eigenvalue weighted by Gasteiger charge is -2.34. The molecule has 3 heteroatoms. The number of anilines is 2. The molecule has 0 aromatic heterocycles. The van der Waals surface area contributed by atoms with Crippen LogP contribution in [0.1, 0.15) is 40.2 Å². The van der Waals surface area contributed by atoms with Crippen LogP contribution in [0, 0.1) is 0 Å². The Bertz CT molecular complexity index is 472. The summed E-state index contributed by atoms with van der Waals surface area (Å²) in [6.07, 6.45) is 0. The van der Waals surface area contributed by atoms with Crippen molar-refractivity contribution in [3.63, 3.8) is 0 Å². The average Bonchev–Trinajstić information content (AvgIpc) is 2.26. The van der Waals surface area contributed by atoms with Crippen LogP contribution >= 0.6 is 0 Å². The molecule has 18 heavy (non-hydrogen) atoms. The second-order valence-corrected chi connectivity index (χ2v) is 6.19. The van der Waals surface area contributed by atoms with Gasteiger partial charge in [-0.3, -0.25) is 4.79 Å². The summed E-state index contributed by atoms with van der Waals surface area (Å²) in [7, 11) is 0. The fourth-order valence-corrected chi connectivity index (χ4v) is 2.30. The summed E-state index contributed by atoms with van der Waals surface area (Å²) in [5.74, 6) is 0.142. The number of hydrogen-bond acceptors (Lipinski definition) is 2. The van der Waals surface area contributed by atoms with Gasteiger partial charge in [-0.25, -0.2) is 0 Å². The predicted octanol–water partition coefficient (Wildman–Crippen LogP) is 3.15. The van der Waals surface area contributed by atoms with Gasteiger partial charge < -0.3 is 10.2 Å². The van der Waals surface area contributed by atoms with E-state index in [1.807, 2.05) is 4.90 Å².